The van der Waals surface area contributed by atoms with Crippen LogP contribution in [0, 0.1) is 0 Å². The highest BCUT2D eigenvalue weighted by atomic mass is 35.5. The number of benzene rings is 1. The zero-order valence-electron chi connectivity index (χ0n) is 9.61. The fourth-order valence-electron chi connectivity index (χ4n) is 1.52. The lowest BCUT2D eigenvalue weighted by Crippen LogP contribution is -2.10. The molecule has 0 aliphatic carbocycles. The first-order valence-electron chi connectivity index (χ1n) is 5.15. The van der Waals surface area contributed by atoms with Crippen molar-refractivity contribution in [2.75, 3.05) is 0 Å². The van der Waals surface area contributed by atoms with E-state index in [1.807, 2.05) is 12.1 Å². The normalized spacial score (nSPS) is 11.8. The molecule has 0 aliphatic heterocycles. The first-order valence-corrected chi connectivity index (χ1v) is 5.53. The third kappa shape index (κ3) is 2.09. The molecule has 2 rings (SSSR count). The number of hydrogen-bond acceptors (Lipinski definition) is 2. The van der Waals surface area contributed by atoms with Crippen molar-refractivity contribution < 1.29 is 0 Å². The van der Waals surface area contributed by atoms with Crippen molar-refractivity contribution in [1.29, 1.82) is 0 Å². The average molecular weight is 236 g/mol. The number of nitrogens with zero attached hydrogens (tertiary/aromatic N) is 3. The van der Waals surface area contributed by atoms with Gasteiger partial charge in [0.15, 0.2) is 0 Å². The second-order valence-corrected chi connectivity index (χ2v) is 5.10. The van der Waals surface area contributed by atoms with Crippen LogP contribution >= 0.6 is 11.6 Å². The summed E-state index contributed by atoms with van der Waals surface area (Å²) in [6.45, 7) is 6.56. The van der Waals surface area contributed by atoms with Gasteiger partial charge in [-0.3, -0.25) is 4.57 Å². The summed E-state index contributed by atoms with van der Waals surface area (Å²) in [7, 11) is 0. The molecule has 84 valence electrons. The third-order valence-electron chi connectivity index (χ3n) is 2.52. The van der Waals surface area contributed by atoms with E-state index in [1.165, 1.54) is 5.56 Å². The van der Waals surface area contributed by atoms with Gasteiger partial charge in [0.25, 0.3) is 0 Å². The summed E-state index contributed by atoms with van der Waals surface area (Å²) in [6, 6.07) is 8.25. The minimum Gasteiger partial charge on any atom is -0.272 e. The molecule has 2 aromatic rings. The Morgan fingerprint density at radius 1 is 1.12 bits per heavy atom. The van der Waals surface area contributed by atoms with Crippen LogP contribution in [0.4, 0.5) is 0 Å². The largest absolute Gasteiger partial charge is 0.272 e. The first kappa shape index (κ1) is 11.1. The van der Waals surface area contributed by atoms with Crippen LogP contribution in [-0.4, -0.2) is 14.8 Å². The van der Waals surface area contributed by atoms with Crippen LogP contribution in [0.25, 0.3) is 5.69 Å². The Bertz CT molecular complexity index is 480. The third-order valence-corrected chi connectivity index (χ3v) is 2.78. The molecular formula is C12H14ClN3. The van der Waals surface area contributed by atoms with Crippen LogP contribution in [0.2, 0.25) is 5.28 Å². The molecule has 0 radical (unpaired) electrons. The van der Waals surface area contributed by atoms with E-state index in [0.29, 0.717) is 5.28 Å². The molecule has 0 bridgehead atoms. The van der Waals surface area contributed by atoms with E-state index >= 15 is 0 Å². The van der Waals surface area contributed by atoms with Gasteiger partial charge in [-0.2, -0.15) is 0 Å². The molecule has 0 fully saturated rings. The van der Waals surface area contributed by atoms with Crippen molar-refractivity contribution in [3.05, 3.63) is 41.4 Å². The van der Waals surface area contributed by atoms with Crippen molar-refractivity contribution in [2.45, 2.75) is 26.2 Å². The van der Waals surface area contributed by atoms with E-state index in [1.54, 1.807) is 10.9 Å². The number of aromatic nitrogens is 3. The molecule has 16 heavy (non-hydrogen) atoms. The number of halogens is 1. The highest BCUT2D eigenvalue weighted by Crippen LogP contribution is 2.23. The fourth-order valence-corrected chi connectivity index (χ4v) is 1.70. The molecule has 0 saturated heterocycles. The van der Waals surface area contributed by atoms with Crippen molar-refractivity contribution in [3.8, 4) is 5.69 Å². The first-order chi connectivity index (χ1) is 7.48. The monoisotopic (exact) mass is 235 g/mol. The Balaban J connectivity index is 2.37. The van der Waals surface area contributed by atoms with E-state index < -0.39 is 0 Å². The zero-order valence-corrected chi connectivity index (χ0v) is 10.4. The Hall–Kier alpha value is -1.35. The van der Waals surface area contributed by atoms with Crippen LogP contribution in [0.5, 0.6) is 0 Å². The maximum absolute atomic E-state index is 5.89. The van der Waals surface area contributed by atoms with Gasteiger partial charge < -0.3 is 0 Å². The molecule has 0 atom stereocenters. The van der Waals surface area contributed by atoms with Crippen LogP contribution in [0.1, 0.15) is 26.3 Å². The van der Waals surface area contributed by atoms with Crippen LogP contribution in [0.15, 0.2) is 30.6 Å². The van der Waals surface area contributed by atoms with Crippen molar-refractivity contribution in [3.63, 3.8) is 0 Å². The quantitative estimate of drug-likeness (QED) is 0.760. The molecular weight excluding hydrogens is 222 g/mol. The topological polar surface area (TPSA) is 30.7 Å². The van der Waals surface area contributed by atoms with Gasteiger partial charge in [-0.25, -0.2) is 0 Å². The summed E-state index contributed by atoms with van der Waals surface area (Å²) in [5, 5.41) is 7.87. The van der Waals surface area contributed by atoms with E-state index in [0.717, 1.165) is 5.69 Å². The molecule has 3 nitrogen and oxygen atoms in total. The molecule has 1 aromatic carbocycles. The van der Waals surface area contributed by atoms with Gasteiger partial charge in [0.1, 0.15) is 6.33 Å². The van der Waals surface area contributed by atoms with E-state index in [-0.39, 0.29) is 5.41 Å². The summed E-state index contributed by atoms with van der Waals surface area (Å²) in [4.78, 5) is 0. The number of rotatable bonds is 1. The molecule has 0 N–H and O–H groups in total. The van der Waals surface area contributed by atoms with E-state index in [4.69, 9.17) is 11.6 Å². The van der Waals surface area contributed by atoms with E-state index in [2.05, 4.69) is 43.1 Å². The smallest absolute Gasteiger partial charge is 0.229 e. The van der Waals surface area contributed by atoms with E-state index in [9.17, 15) is 0 Å². The van der Waals surface area contributed by atoms with Crippen LogP contribution in [-0.2, 0) is 5.41 Å². The fraction of sp³-hybridized carbons (Fsp3) is 0.333. The average Bonchev–Trinajstić information content (AvgIpc) is 2.63. The molecule has 0 aliphatic rings. The molecule has 0 spiro atoms. The lowest BCUT2D eigenvalue weighted by Gasteiger charge is -2.19. The molecule has 1 heterocycles. The van der Waals surface area contributed by atoms with Crippen LogP contribution < -0.4 is 0 Å². The summed E-state index contributed by atoms with van der Waals surface area (Å²) in [6.07, 6.45) is 1.61. The molecule has 4 heteroatoms. The van der Waals surface area contributed by atoms with Crippen molar-refractivity contribution >= 4 is 11.6 Å². The standard InChI is InChI=1S/C12H14ClN3/c1-12(2,3)9-4-6-10(7-5-9)16-8-14-15-11(16)13/h4-8H,1-3H3. The second-order valence-electron chi connectivity index (χ2n) is 4.77. The molecule has 0 saturated carbocycles. The SMILES string of the molecule is CC(C)(C)c1ccc(-n2cnnc2Cl)cc1. The summed E-state index contributed by atoms with van der Waals surface area (Å²) in [5.74, 6) is 0. The van der Waals surface area contributed by atoms with Crippen molar-refractivity contribution in [2.24, 2.45) is 0 Å². The van der Waals surface area contributed by atoms with Gasteiger partial charge in [-0.1, -0.05) is 32.9 Å². The maximum atomic E-state index is 5.89. The Labute approximate surface area is 100 Å². The Morgan fingerprint density at radius 3 is 2.19 bits per heavy atom. The van der Waals surface area contributed by atoms with Gasteiger partial charge >= 0.3 is 0 Å². The molecule has 0 amide bonds. The lowest BCUT2D eigenvalue weighted by atomic mass is 9.87. The van der Waals surface area contributed by atoms with Gasteiger partial charge in [0.05, 0.1) is 0 Å². The van der Waals surface area contributed by atoms with Crippen molar-refractivity contribution in [1.82, 2.24) is 14.8 Å². The number of hydrogen-bond donors (Lipinski definition) is 0. The summed E-state index contributed by atoms with van der Waals surface area (Å²) in [5.41, 5.74) is 2.43. The Kier molecular flexibility index (Phi) is 2.72. The van der Waals surface area contributed by atoms with Crippen LogP contribution in [0.3, 0.4) is 0 Å². The summed E-state index contributed by atoms with van der Waals surface area (Å²) >= 11 is 5.89. The Morgan fingerprint density at radius 2 is 1.75 bits per heavy atom. The van der Waals surface area contributed by atoms with Gasteiger partial charge in [-0.05, 0) is 34.7 Å². The molecule has 1 aromatic heterocycles. The zero-order chi connectivity index (χ0) is 11.8. The highest BCUT2D eigenvalue weighted by Gasteiger charge is 2.13. The predicted octanol–water partition coefficient (Wildman–Crippen LogP) is 3.22. The van der Waals surface area contributed by atoms with Gasteiger partial charge in [0, 0.05) is 5.69 Å². The molecule has 0 unspecified atom stereocenters. The van der Waals surface area contributed by atoms with Gasteiger partial charge in [0.2, 0.25) is 5.28 Å². The minimum atomic E-state index is 0.162. The lowest BCUT2D eigenvalue weighted by molar-refractivity contribution is 0.590. The maximum Gasteiger partial charge on any atom is 0.229 e. The van der Waals surface area contributed by atoms with Gasteiger partial charge in [-0.15, -0.1) is 10.2 Å². The highest BCUT2D eigenvalue weighted by molar-refractivity contribution is 6.28. The second kappa shape index (κ2) is 3.91. The summed E-state index contributed by atoms with van der Waals surface area (Å²) < 4.78 is 1.74. The predicted molar refractivity (Wildman–Crippen MR) is 65.1 cm³/mol. The minimum absolute atomic E-state index is 0.162.